The molecule has 4 heteroatoms. The molecule has 1 aromatic heterocycles. The fourth-order valence-electron chi connectivity index (χ4n) is 1.57. The lowest BCUT2D eigenvalue weighted by Gasteiger charge is -2.06. The van der Waals surface area contributed by atoms with E-state index in [4.69, 9.17) is 5.73 Å². The standard InChI is InChI=1S/C10H15N3O/c1-13-5-4-9(12-13)10(14)6-8(11)7-2-3-7/h4-5,7-8H,2-3,6,11H2,1H3. The molecule has 1 aliphatic rings. The Balaban J connectivity index is 1.94. The molecule has 4 nitrogen and oxygen atoms in total. The third-order valence-electron chi connectivity index (χ3n) is 2.65. The van der Waals surface area contributed by atoms with Crippen LogP contribution in [0.15, 0.2) is 12.3 Å². The lowest BCUT2D eigenvalue weighted by atomic mass is 10.1. The molecule has 1 atom stereocenters. The SMILES string of the molecule is Cn1ccc(C(=O)CC(N)C2CC2)n1. The van der Waals surface area contributed by atoms with E-state index in [0.717, 1.165) is 0 Å². The van der Waals surface area contributed by atoms with Gasteiger partial charge < -0.3 is 5.73 Å². The molecule has 76 valence electrons. The number of Topliss-reactive ketones (excluding diaryl/α,β-unsaturated/α-hetero) is 1. The number of carbonyl (C=O) groups is 1. The Labute approximate surface area is 83.1 Å². The van der Waals surface area contributed by atoms with Crippen LogP contribution >= 0.6 is 0 Å². The van der Waals surface area contributed by atoms with Crippen LogP contribution in [0.5, 0.6) is 0 Å². The van der Waals surface area contributed by atoms with Crippen molar-refractivity contribution in [2.75, 3.05) is 0 Å². The molecule has 1 saturated carbocycles. The number of aromatic nitrogens is 2. The van der Waals surface area contributed by atoms with E-state index in [1.54, 1.807) is 24.0 Å². The maximum atomic E-state index is 11.6. The highest BCUT2D eigenvalue weighted by molar-refractivity contribution is 5.94. The number of rotatable bonds is 4. The van der Waals surface area contributed by atoms with Gasteiger partial charge in [0, 0.05) is 25.7 Å². The molecule has 2 N–H and O–H groups in total. The zero-order valence-corrected chi connectivity index (χ0v) is 8.31. The Morgan fingerprint density at radius 3 is 3.00 bits per heavy atom. The van der Waals surface area contributed by atoms with Crippen LogP contribution in [0.25, 0.3) is 0 Å². The molecule has 1 aromatic rings. The number of hydrogen-bond acceptors (Lipinski definition) is 3. The quantitative estimate of drug-likeness (QED) is 0.717. The fraction of sp³-hybridized carbons (Fsp3) is 0.600. The number of ketones is 1. The average molecular weight is 193 g/mol. The van der Waals surface area contributed by atoms with Crippen LogP contribution < -0.4 is 5.73 Å². The van der Waals surface area contributed by atoms with Crippen LogP contribution in [0.2, 0.25) is 0 Å². The average Bonchev–Trinajstić information content (AvgIpc) is 2.89. The van der Waals surface area contributed by atoms with Crippen LogP contribution in [-0.4, -0.2) is 21.6 Å². The van der Waals surface area contributed by atoms with Gasteiger partial charge in [-0.05, 0) is 24.8 Å². The molecule has 0 amide bonds. The van der Waals surface area contributed by atoms with Crippen molar-refractivity contribution in [3.8, 4) is 0 Å². The molecule has 0 bridgehead atoms. The molecule has 0 spiro atoms. The molecular weight excluding hydrogens is 178 g/mol. The molecule has 1 fully saturated rings. The van der Waals surface area contributed by atoms with E-state index in [1.165, 1.54) is 12.8 Å². The van der Waals surface area contributed by atoms with Gasteiger partial charge in [-0.25, -0.2) is 0 Å². The molecule has 0 saturated heterocycles. The van der Waals surface area contributed by atoms with E-state index >= 15 is 0 Å². The first-order valence-corrected chi connectivity index (χ1v) is 4.95. The van der Waals surface area contributed by atoms with Gasteiger partial charge >= 0.3 is 0 Å². The van der Waals surface area contributed by atoms with Gasteiger partial charge in [0.15, 0.2) is 5.78 Å². The molecule has 0 aliphatic heterocycles. The van der Waals surface area contributed by atoms with Crippen LogP contribution in [0.3, 0.4) is 0 Å². The maximum Gasteiger partial charge on any atom is 0.184 e. The normalized spacial score (nSPS) is 18.1. The van der Waals surface area contributed by atoms with E-state index < -0.39 is 0 Å². The smallest absolute Gasteiger partial charge is 0.184 e. The highest BCUT2D eigenvalue weighted by Crippen LogP contribution is 2.33. The van der Waals surface area contributed by atoms with Crippen molar-refractivity contribution < 1.29 is 4.79 Å². The summed E-state index contributed by atoms with van der Waals surface area (Å²) in [6.07, 6.45) is 4.56. The number of hydrogen-bond donors (Lipinski definition) is 1. The summed E-state index contributed by atoms with van der Waals surface area (Å²) in [5, 5.41) is 4.05. The van der Waals surface area contributed by atoms with Crippen LogP contribution in [-0.2, 0) is 7.05 Å². The minimum absolute atomic E-state index is 0.0320. The summed E-state index contributed by atoms with van der Waals surface area (Å²) in [7, 11) is 1.80. The van der Waals surface area contributed by atoms with Gasteiger partial charge in [-0.1, -0.05) is 0 Å². The van der Waals surface area contributed by atoms with Crippen molar-refractivity contribution in [1.82, 2.24) is 9.78 Å². The van der Waals surface area contributed by atoms with Gasteiger partial charge in [0.1, 0.15) is 5.69 Å². The van der Waals surface area contributed by atoms with Gasteiger partial charge in [-0.2, -0.15) is 5.10 Å². The highest BCUT2D eigenvalue weighted by atomic mass is 16.1. The second-order valence-corrected chi connectivity index (χ2v) is 4.00. The van der Waals surface area contributed by atoms with Gasteiger partial charge in [0.05, 0.1) is 0 Å². The Kier molecular flexibility index (Phi) is 2.37. The topological polar surface area (TPSA) is 60.9 Å². The number of nitrogens with zero attached hydrogens (tertiary/aromatic N) is 2. The molecule has 0 aromatic carbocycles. The zero-order valence-electron chi connectivity index (χ0n) is 8.31. The van der Waals surface area contributed by atoms with Gasteiger partial charge in [0.2, 0.25) is 0 Å². The summed E-state index contributed by atoms with van der Waals surface area (Å²) in [6, 6.07) is 1.77. The second-order valence-electron chi connectivity index (χ2n) is 4.00. The van der Waals surface area contributed by atoms with Crippen molar-refractivity contribution >= 4 is 5.78 Å². The van der Waals surface area contributed by atoms with Crippen LogP contribution in [0, 0.1) is 5.92 Å². The largest absolute Gasteiger partial charge is 0.327 e. The minimum atomic E-state index is 0.0320. The summed E-state index contributed by atoms with van der Waals surface area (Å²) < 4.78 is 1.63. The lowest BCUT2D eigenvalue weighted by Crippen LogP contribution is -2.26. The molecular formula is C10H15N3O. The number of carbonyl (C=O) groups excluding carboxylic acids is 1. The molecule has 2 rings (SSSR count). The Bertz CT molecular complexity index is 341. The van der Waals surface area contributed by atoms with E-state index in [0.29, 0.717) is 18.0 Å². The van der Waals surface area contributed by atoms with Gasteiger partial charge in [-0.3, -0.25) is 9.48 Å². The second kappa shape index (κ2) is 3.53. The molecule has 1 unspecified atom stereocenters. The number of aryl methyl sites for hydroxylation is 1. The summed E-state index contributed by atoms with van der Waals surface area (Å²) in [5.74, 6) is 0.632. The summed E-state index contributed by atoms with van der Waals surface area (Å²) in [4.78, 5) is 11.6. The first kappa shape index (κ1) is 9.40. The molecule has 0 radical (unpaired) electrons. The monoisotopic (exact) mass is 193 g/mol. The Morgan fingerprint density at radius 2 is 2.50 bits per heavy atom. The first-order chi connectivity index (χ1) is 6.66. The minimum Gasteiger partial charge on any atom is -0.327 e. The van der Waals surface area contributed by atoms with Gasteiger partial charge in [0.25, 0.3) is 0 Å². The third kappa shape index (κ3) is 2.01. The molecule has 14 heavy (non-hydrogen) atoms. The third-order valence-corrected chi connectivity index (χ3v) is 2.65. The zero-order chi connectivity index (χ0) is 10.1. The highest BCUT2D eigenvalue weighted by Gasteiger charge is 2.30. The fourth-order valence-corrected chi connectivity index (χ4v) is 1.57. The first-order valence-electron chi connectivity index (χ1n) is 4.95. The van der Waals surface area contributed by atoms with Crippen molar-refractivity contribution in [2.45, 2.75) is 25.3 Å². The van der Waals surface area contributed by atoms with Crippen molar-refractivity contribution in [3.63, 3.8) is 0 Å². The summed E-state index contributed by atoms with van der Waals surface area (Å²) in [6.45, 7) is 0. The van der Waals surface area contributed by atoms with Crippen LogP contribution in [0.4, 0.5) is 0 Å². The maximum absolute atomic E-state index is 11.6. The van der Waals surface area contributed by atoms with E-state index in [-0.39, 0.29) is 11.8 Å². The predicted molar refractivity (Wildman–Crippen MR) is 52.9 cm³/mol. The van der Waals surface area contributed by atoms with E-state index in [9.17, 15) is 4.79 Å². The summed E-state index contributed by atoms with van der Waals surface area (Å²) >= 11 is 0. The molecule has 1 aliphatic carbocycles. The summed E-state index contributed by atoms with van der Waals surface area (Å²) in [5.41, 5.74) is 6.40. The van der Waals surface area contributed by atoms with E-state index in [2.05, 4.69) is 5.10 Å². The predicted octanol–water partition coefficient (Wildman–Crippen LogP) is 0.730. The lowest BCUT2D eigenvalue weighted by molar-refractivity contribution is 0.0966. The van der Waals surface area contributed by atoms with Crippen molar-refractivity contribution in [3.05, 3.63) is 18.0 Å². The van der Waals surface area contributed by atoms with Crippen molar-refractivity contribution in [1.29, 1.82) is 0 Å². The van der Waals surface area contributed by atoms with Crippen molar-refractivity contribution in [2.24, 2.45) is 18.7 Å². The van der Waals surface area contributed by atoms with E-state index in [1.807, 2.05) is 0 Å². The van der Waals surface area contributed by atoms with Gasteiger partial charge in [-0.15, -0.1) is 0 Å². The Hall–Kier alpha value is -1.16. The number of nitrogens with two attached hydrogens (primary N) is 1. The molecule has 1 heterocycles. The van der Waals surface area contributed by atoms with Crippen LogP contribution in [0.1, 0.15) is 29.8 Å². The Morgan fingerprint density at radius 1 is 1.79 bits per heavy atom.